The fourth-order valence-electron chi connectivity index (χ4n) is 1.19. The van der Waals surface area contributed by atoms with Gasteiger partial charge in [0.2, 0.25) is 0 Å². The average Bonchev–Trinajstić information content (AvgIpc) is 2.16. The second-order valence-electron chi connectivity index (χ2n) is 3.55. The third kappa shape index (κ3) is 2.86. The second-order valence-corrected chi connectivity index (χ2v) is 3.96. The first-order chi connectivity index (χ1) is 6.65. The maximum absolute atomic E-state index is 9.14. The van der Waals surface area contributed by atoms with Crippen LogP contribution in [0, 0.1) is 5.92 Å². The van der Waals surface area contributed by atoms with Crippen molar-refractivity contribution in [3.63, 3.8) is 0 Å². The molecule has 1 aromatic rings. The Morgan fingerprint density at radius 2 is 2.07 bits per heavy atom. The van der Waals surface area contributed by atoms with Gasteiger partial charge in [-0.05, 0) is 23.1 Å². The summed E-state index contributed by atoms with van der Waals surface area (Å²) in [4.78, 5) is 0. The highest BCUT2D eigenvalue weighted by Crippen LogP contribution is 2.20. The van der Waals surface area contributed by atoms with Crippen LogP contribution in [0.3, 0.4) is 0 Å². The SMILES string of the molecule is CC(C)C(=Cc1ccccc1Cl)CO. The van der Waals surface area contributed by atoms with Gasteiger partial charge >= 0.3 is 0 Å². The van der Waals surface area contributed by atoms with Gasteiger partial charge in [-0.25, -0.2) is 0 Å². The number of aliphatic hydroxyl groups excluding tert-OH is 1. The maximum atomic E-state index is 9.14. The first-order valence-electron chi connectivity index (χ1n) is 4.71. The van der Waals surface area contributed by atoms with Gasteiger partial charge in [0, 0.05) is 5.02 Å². The number of hydrogen-bond donors (Lipinski definition) is 1. The van der Waals surface area contributed by atoms with E-state index >= 15 is 0 Å². The van der Waals surface area contributed by atoms with Crippen molar-refractivity contribution in [2.24, 2.45) is 5.92 Å². The minimum absolute atomic E-state index is 0.0862. The number of hydrogen-bond acceptors (Lipinski definition) is 1. The third-order valence-corrected chi connectivity index (χ3v) is 2.51. The Hall–Kier alpha value is -0.790. The molecule has 0 unspecified atom stereocenters. The predicted molar refractivity (Wildman–Crippen MR) is 61.4 cm³/mol. The van der Waals surface area contributed by atoms with Gasteiger partial charge in [-0.2, -0.15) is 0 Å². The van der Waals surface area contributed by atoms with E-state index in [1.165, 1.54) is 0 Å². The maximum Gasteiger partial charge on any atom is 0.0647 e. The molecule has 0 amide bonds. The summed E-state index contributed by atoms with van der Waals surface area (Å²) in [5.41, 5.74) is 1.96. The summed E-state index contributed by atoms with van der Waals surface area (Å²) in [6.07, 6.45) is 1.95. The summed E-state index contributed by atoms with van der Waals surface area (Å²) >= 11 is 6.00. The first-order valence-corrected chi connectivity index (χ1v) is 5.08. The van der Waals surface area contributed by atoms with Gasteiger partial charge in [-0.1, -0.05) is 49.7 Å². The smallest absolute Gasteiger partial charge is 0.0647 e. The van der Waals surface area contributed by atoms with Crippen molar-refractivity contribution in [3.05, 3.63) is 40.4 Å². The molecule has 0 atom stereocenters. The summed E-state index contributed by atoms with van der Waals surface area (Å²) in [6, 6.07) is 7.63. The summed E-state index contributed by atoms with van der Waals surface area (Å²) in [5.74, 6) is 0.344. The van der Waals surface area contributed by atoms with E-state index in [2.05, 4.69) is 13.8 Å². The van der Waals surface area contributed by atoms with Crippen LogP contribution in [0.25, 0.3) is 6.08 Å². The molecule has 0 aliphatic rings. The number of benzene rings is 1. The Bertz CT molecular complexity index is 329. The van der Waals surface area contributed by atoms with Crippen LogP contribution >= 0.6 is 11.6 Å². The monoisotopic (exact) mass is 210 g/mol. The standard InChI is InChI=1S/C12H15ClO/c1-9(2)11(8-14)7-10-5-3-4-6-12(10)13/h3-7,9,14H,8H2,1-2H3. The van der Waals surface area contributed by atoms with Gasteiger partial charge in [0.1, 0.15) is 0 Å². The van der Waals surface area contributed by atoms with Crippen LogP contribution in [0.15, 0.2) is 29.8 Å². The van der Waals surface area contributed by atoms with E-state index in [0.29, 0.717) is 5.92 Å². The van der Waals surface area contributed by atoms with Gasteiger partial charge in [0.05, 0.1) is 6.61 Å². The van der Waals surface area contributed by atoms with Gasteiger partial charge in [-0.3, -0.25) is 0 Å². The van der Waals surface area contributed by atoms with E-state index in [4.69, 9.17) is 16.7 Å². The van der Waals surface area contributed by atoms with Crippen LogP contribution in [-0.2, 0) is 0 Å². The summed E-state index contributed by atoms with van der Waals surface area (Å²) in [7, 11) is 0. The predicted octanol–water partition coefficient (Wildman–Crippen LogP) is 3.37. The molecule has 0 saturated carbocycles. The molecule has 1 N–H and O–H groups in total. The number of halogens is 1. The Morgan fingerprint density at radius 3 is 2.57 bits per heavy atom. The summed E-state index contributed by atoms with van der Waals surface area (Å²) in [6.45, 7) is 4.20. The molecule has 14 heavy (non-hydrogen) atoms. The average molecular weight is 211 g/mol. The normalized spacial score (nSPS) is 12.2. The molecule has 0 fully saturated rings. The molecule has 0 aromatic heterocycles. The fourth-order valence-corrected chi connectivity index (χ4v) is 1.38. The summed E-state index contributed by atoms with van der Waals surface area (Å²) < 4.78 is 0. The van der Waals surface area contributed by atoms with Gasteiger partial charge in [0.25, 0.3) is 0 Å². The van der Waals surface area contributed by atoms with Crippen molar-refractivity contribution < 1.29 is 5.11 Å². The number of rotatable bonds is 3. The molecule has 0 spiro atoms. The molecular formula is C12H15ClO. The minimum atomic E-state index is 0.0862. The summed E-state index contributed by atoms with van der Waals surface area (Å²) in [5, 5.41) is 9.86. The van der Waals surface area contributed by atoms with Crippen molar-refractivity contribution in [2.75, 3.05) is 6.61 Å². The van der Waals surface area contributed by atoms with E-state index in [0.717, 1.165) is 16.2 Å². The van der Waals surface area contributed by atoms with E-state index in [9.17, 15) is 0 Å². The van der Waals surface area contributed by atoms with E-state index < -0.39 is 0 Å². The molecule has 76 valence electrons. The molecule has 1 nitrogen and oxygen atoms in total. The van der Waals surface area contributed by atoms with Gasteiger partial charge < -0.3 is 5.11 Å². The highest BCUT2D eigenvalue weighted by atomic mass is 35.5. The zero-order chi connectivity index (χ0) is 10.6. The van der Waals surface area contributed by atoms with Crippen LogP contribution in [0.1, 0.15) is 19.4 Å². The minimum Gasteiger partial charge on any atom is -0.392 e. The quantitative estimate of drug-likeness (QED) is 0.811. The van der Waals surface area contributed by atoms with Crippen molar-refractivity contribution in [1.82, 2.24) is 0 Å². The zero-order valence-corrected chi connectivity index (χ0v) is 9.25. The largest absolute Gasteiger partial charge is 0.392 e. The molecule has 0 aliphatic carbocycles. The van der Waals surface area contributed by atoms with Crippen molar-refractivity contribution in [3.8, 4) is 0 Å². The number of aliphatic hydroxyl groups is 1. The molecule has 0 bridgehead atoms. The lowest BCUT2D eigenvalue weighted by molar-refractivity contribution is 0.320. The van der Waals surface area contributed by atoms with Crippen LogP contribution in [-0.4, -0.2) is 11.7 Å². The van der Waals surface area contributed by atoms with Crippen LogP contribution in [0.5, 0.6) is 0 Å². The van der Waals surface area contributed by atoms with Crippen molar-refractivity contribution >= 4 is 17.7 Å². The lowest BCUT2D eigenvalue weighted by Crippen LogP contribution is -1.98. The third-order valence-electron chi connectivity index (χ3n) is 2.17. The molecule has 0 saturated heterocycles. The Kier molecular flexibility index (Phi) is 4.18. The Balaban J connectivity index is 3.00. The highest BCUT2D eigenvalue weighted by molar-refractivity contribution is 6.32. The lowest BCUT2D eigenvalue weighted by Gasteiger charge is -2.08. The lowest BCUT2D eigenvalue weighted by atomic mass is 10.0. The van der Waals surface area contributed by atoms with Crippen LogP contribution in [0.2, 0.25) is 5.02 Å². The zero-order valence-electron chi connectivity index (χ0n) is 8.50. The van der Waals surface area contributed by atoms with Crippen LogP contribution in [0.4, 0.5) is 0 Å². The Morgan fingerprint density at radius 1 is 1.43 bits per heavy atom. The molecular weight excluding hydrogens is 196 g/mol. The molecule has 0 aliphatic heterocycles. The van der Waals surface area contributed by atoms with E-state index in [1.807, 2.05) is 30.3 Å². The molecule has 1 aromatic carbocycles. The Labute approximate surface area is 90.0 Å². The van der Waals surface area contributed by atoms with E-state index in [-0.39, 0.29) is 6.61 Å². The van der Waals surface area contributed by atoms with Crippen molar-refractivity contribution in [1.29, 1.82) is 0 Å². The van der Waals surface area contributed by atoms with Gasteiger partial charge in [0.15, 0.2) is 0 Å². The van der Waals surface area contributed by atoms with Crippen LogP contribution < -0.4 is 0 Å². The first kappa shape index (κ1) is 11.3. The fraction of sp³-hybridized carbons (Fsp3) is 0.333. The van der Waals surface area contributed by atoms with E-state index in [1.54, 1.807) is 0 Å². The molecule has 1 rings (SSSR count). The van der Waals surface area contributed by atoms with Gasteiger partial charge in [-0.15, -0.1) is 0 Å². The molecule has 0 radical (unpaired) electrons. The topological polar surface area (TPSA) is 20.2 Å². The molecule has 2 heteroatoms. The molecule has 0 heterocycles. The second kappa shape index (κ2) is 5.18. The van der Waals surface area contributed by atoms with Crippen molar-refractivity contribution in [2.45, 2.75) is 13.8 Å². The highest BCUT2D eigenvalue weighted by Gasteiger charge is 2.03.